The van der Waals surface area contributed by atoms with Crippen molar-refractivity contribution in [2.75, 3.05) is 62.4 Å². The first-order valence-corrected chi connectivity index (χ1v) is 10.6. The summed E-state index contributed by atoms with van der Waals surface area (Å²) in [6, 6.07) is 12.5. The van der Waals surface area contributed by atoms with Crippen molar-refractivity contribution in [3.8, 4) is 5.82 Å². The molecule has 1 aliphatic heterocycles. The highest BCUT2D eigenvalue weighted by Gasteiger charge is 2.16. The van der Waals surface area contributed by atoms with E-state index in [0.717, 1.165) is 49.8 Å². The van der Waals surface area contributed by atoms with Gasteiger partial charge in [0, 0.05) is 64.1 Å². The molecule has 2 N–H and O–H groups in total. The molecule has 0 saturated carbocycles. The summed E-state index contributed by atoms with van der Waals surface area (Å²) in [5, 5.41) is 4.52. The molecule has 8 heteroatoms. The molecule has 0 radical (unpaired) electrons. The van der Waals surface area contributed by atoms with Crippen LogP contribution in [0.2, 0.25) is 0 Å². The van der Waals surface area contributed by atoms with Crippen molar-refractivity contribution in [1.82, 2.24) is 24.6 Å². The van der Waals surface area contributed by atoms with Crippen LogP contribution in [0.15, 0.2) is 48.7 Å². The number of hydrogen-bond acceptors (Lipinski definition) is 7. The van der Waals surface area contributed by atoms with Gasteiger partial charge in [-0.05, 0) is 19.1 Å². The minimum absolute atomic E-state index is 0.239. The van der Waals surface area contributed by atoms with Gasteiger partial charge in [0.25, 0.3) is 0 Å². The maximum atomic E-state index is 5.89. The van der Waals surface area contributed by atoms with E-state index in [9.17, 15) is 0 Å². The molecular formula is C23H30N8. The van der Waals surface area contributed by atoms with Crippen LogP contribution >= 0.6 is 0 Å². The summed E-state index contributed by atoms with van der Waals surface area (Å²) in [5.41, 5.74) is 9.29. The summed E-state index contributed by atoms with van der Waals surface area (Å²) in [7, 11) is 3.85. The van der Waals surface area contributed by atoms with Crippen LogP contribution in [0.4, 0.5) is 17.5 Å². The van der Waals surface area contributed by atoms with Crippen LogP contribution < -0.4 is 15.5 Å². The van der Waals surface area contributed by atoms with E-state index in [1.54, 1.807) is 0 Å². The van der Waals surface area contributed by atoms with Crippen molar-refractivity contribution in [1.29, 1.82) is 0 Å². The van der Waals surface area contributed by atoms with E-state index in [-0.39, 0.29) is 5.95 Å². The normalized spacial score (nSPS) is 15.0. The monoisotopic (exact) mass is 418 g/mol. The van der Waals surface area contributed by atoms with Gasteiger partial charge in [-0.15, -0.1) is 0 Å². The van der Waals surface area contributed by atoms with Crippen molar-refractivity contribution >= 4 is 23.5 Å². The number of para-hydroxylation sites is 1. The number of aromatic nitrogens is 4. The zero-order chi connectivity index (χ0) is 21.8. The van der Waals surface area contributed by atoms with Crippen LogP contribution in [0.25, 0.3) is 11.9 Å². The predicted octanol–water partition coefficient (Wildman–Crippen LogP) is 2.45. The molecule has 1 aromatic carbocycles. The van der Waals surface area contributed by atoms with Gasteiger partial charge in [-0.25, -0.2) is 4.68 Å². The molecule has 0 amide bonds. The van der Waals surface area contributed by atoms with Gasteiger partial charge in [-0.2, -0.15) is 15.1 Å². The lowest BCUT2D eigenvalue weighted by atomic mass is 10.2. The SMILES string of the molecule is Cc1c(/C=C/CN2CCN(c3ccccc3)CC2)cnn1-c1cc(N(C)C)nc(N)n1. The Morgan fingerprint density at radius 1 is 1.06 bits per heavy atom. The Labute approximate surface area is 183 Å². The summed E-state index contributed by atoms with van der Waals surface area (Å²) in [4.78, 5) is 15.4. The van der Waals surface area contributed by atoms with Crippen molar-refractivity contribution in [2.24, 2.45) is 0 Å². The average molecular weight is 419 g/mol. The average Bonchev–Trinajstić information content (AvgIpc) is 3.15. The molecule has 8 nitrogen and oxygen atoms in total. The van der Waals surface area contributed by atoms with Crippen molar-refractivity contribution in [3.63, 3.8) is 0 Å². The second-order valence-electron chi connectivity index (χ2n) is 7.96. The molecule has 0 spiro atoms. The number of piperazine rings is 1. The molecule has 2 aromatic heterocycles. The van der Waals surface area contributed by atoms with Gasteiger partial charge in [0.2, 0.25) is 5.95 Å². The number of nitrogens with two attached hydrogens (primary N) is 1. The topological polar surface area (TPSA) is 79.3 Å². The fraction of sp³-hybridized carbons (Fsp3) is 0.348. The second kappa shape index (κ2) is 9.18. The van der Waals surface area contributed by atoms with Crippen LogP contribution in [0, 0.1) is 6.92 Å². The Morgan fingerprint density at radius 3 is 2.52 bits per heavy atom. The first-order valence-electron chi connectivity index (χ1n) is 10.6. The highest BCUT2D eigenvalue weighted by Crippen LogP contribution is 2.19. The highest BCUT2D eigenvalue weighted by molar-refractivity contribution is 5.54. The molecule has 1 fully saturated rings. The number of benzene rings is 1. The van der Waals surface area contributed by atoms with Crippen LogP contribution in [0.1, 0.15) is 11.3 Å². The van der Waals surface area contributed by atoms with Crippen molar-refractivity contribution in [2.45, 2.75) is 6.92 Å². The molecule has 3 aromatic rings. The first-order chi connectivity index (χ1) is 15.0. The van der Waals surface area contributed by atoms with Crippen LogP contribution in [0.5, 0.6) is 0 Å². The molecule has 0 aliphatic carbocycles. The Morgan fingerprint density at radius 2 is 1.81 bits per heavy atom. The third-order valence-corrected chi connectivity index (χ3v) is 5.59. The number of anilines is 3. The largest absolute Gasteiger partial charge is 0.369 e. The summed E-state index contributed by atoms with van der Waals surface area (Å²) in [6.07, 6.45) is 6.22. The van der Waals surface area contributed by atoms with Gasteiger partial charge in [0.15, 0.2) is 5.82 Å². The van der Waals surface area contributed by atoms with Crippen LogP contribution in [-0.2, 0) is 0 Å². The van der Waals surface area contributed by atoms with Crippen molar-refractivity contribution in [3.05, 3.63) is 59.9 Å². The lowest BCUT2D eigenvalue weighted by molar-refractivity contribution is 0.284. The molecule has 0 atom stereocenters. The first kappa shape index (κ1) is 20.9. The number of rotatable bonds is 6. The smallest absolute Gasteiger partial charge is 0.224 e. The standard InChI is InChI=1S/C23H30N8/c1-18-19(17-25-31(18)22-16-21(28(2)3)26-23(24)27-22)8-7-11-29-12-14-30(15-13-29)20-9-5-4-6-10-20/h4-10,16-17H,11-15H2,1-3H3,(H2,24,26,27)/b8-7+. The fourth-order valence-electron chi connectivity index (χ4n) is 3.75. The molecule has 1 saturated heterocycles. The maximum absolute atomic E-state index is 5.89. The van der Waals surface area contributed by atoms with Gasteiger partial charge in [0.05, 0.1) is 11.9 Å². The van der Waals surface area contributed by atoms with Crippen molar-refractivity contribution < 1.29 is 0 Å². The molecule has 0 bridgehead atoms. The van der Waals surface area contributed by atoms with E-state index >= 15 is 0 Å². The predicted molar refractivity (Wildman–Crippen MR) is 127 cm³/mol. The third-order valence-electron chi connectivity index (χ3n) is 5.59. The van der Waals surface area contributed by atoms with Gasteiger partial charge in [-0.1, -0.05) is 30.4 Å². The summed E-state index contributed by atoms with van der Waals surface area (Å²) in [5.74, 6) is 1.66. The van der Waals surface area contributed by atoms with E-state index < -0.39 is 0 Å². The van der Waals surface area contributed by atoms with E-state index in [2.05, 4.69) is 67.4 Å². The molecule has 162 valence electrons. The zero-order valence-corrected chi connectivity index (χ0v) is 18.4. The molecule has 31 heavy (non-hydrogen) atoms. The zero-order valence-electron chi connectivity index (χ0n) is 18.4. The molecule has 3 heterocycles. The van der Waals surface area contributed by atoms with Crippen LogP contribution in [0.3, 0.4) is 0 Å². The Hall–Kier alpha value is -3.39. The van der Waals surface area contributed by atoms with E-state index in [4.69, 9.17) is 5.73 Å². The third kappa shape index (κ3) is 4.86. The summed E-state index contributed by atoms with van der Waals surface area (Å²) < 4.78 is 1.81. The summed E-state index contributed by atoms with van der Waals surface area (Å²) in [6.45, 7) is 7.20. The Bertz CT molecular complexity index is 1030. The number of nitrogen functional groups attached to an aromatic ring is 1. The molecule has 0 unspecified atom stereocenters. The summed E-state index contributed by atoms with van der Waals surface area (Å²) >= 11 is 0. The minimum atomic E-state index is 0.239. The Balaban J connectivity index is 1.37. The molecule has 4 rings (SSSR count). The Kier molecular flexibility index (Phi) is 6.18. The van der Waals surface area contributed by atoms with Crippen LogP contribution in [-0.4, -0.2) is 71.5 Å². The van der Waals surface area contributed by atoms with E-state index in [1.165, 1.54) is 5.69 Å². The quantitative estimate of drug-likeness (QED) is 0.659. The molecular weight excluding hydrogens is 388 g/mol. The van der Waals surface area contributed by atoms with E-state index in [0.29, 0.717) is 5.82 Å². The molecule has 1 aliphatic rings. The van der Waals surface area contributed by atoms with Gasteiger partial charge in [0.1, 0.15) is 5.82 Å². The fourth-order valence-corrected chi connectivity index (χ4v) is 3.75. The number of nitrogens with zero attached hydrogens (tertiary/aromatic N) is 7. The second-order valence-corrected chi connectivity index (χ2v) is 7.96. The lowest BCUT2D eigenvalue weighted by Crippen LogP contribution is -2.46. The van der Waals surface area contributed by atoms with E-state index in [1.807, 2.05) is 42.9 Å². The lowest BCUT2D eigenvalue weighted by Gasteiger charge is -2.35. The highest BCUT2D eigenvalue weighted by atomic mass is 15.3. The van der Waals surface area contributed by atoms with Gasteiger partial charge in [-0.3, -0.25) is 4.90 Å². The van der Waals surface area contributed by atoms with Gasteiger partial charge < -0.3 is 15.5 Å². The maximum Gasteiger partial charge on any atom is 0.224 e. The number of hydrogen-bond donors (Lipinski definition) is 1. The minimum Gasteiger partial charge on any atom is -0.369 e. The van der Waals surface area contributed by atoms with Gasteiger partial charge >= 0.3 is 0 Å².